The average Bonchev–Trinajstić information content (AvgIpc) is 2.45. The number of methoxy groups -OCH3 is 1. The summed E-state index contributed by atoms with van der Waals surface area (Å²) in [7, 11) is 1.29. The SMILES string of the molecule is COC(=O)c1c(C(C)(C)C)noc1N. The molecule has 1 heterocycles. The van der Waals surface area contributed by atoms with E-state index in [1.54, 1.807) is 0 Å². The van der Waals surface area contributed by atoms with Crippen molar-refractivity contribution >= 4 is 11.9 Å². The minimum Gasteiger partial charge on any atom is -0.465 e. The van der Waals surface area contributed by atoms with Gasteiger partial charge in [-0.2, -0.15) is 0 Å². The van der Waals surface area contributed by atoms with Crippen molar-refractivity contribution in [1.29, 1.82) is 0 Å². The number of anilines is 1. The highest BCUT2D eigenvalue weighted by Gasteiger charge is 2.29. The Hall–Kier alpha value is -1.52. The number of carbonyl (C=O) groups is 1. The second-order valence-electron chi connectivity index (χ2n) is 4.01. The van der Waals surface area contributed by atoms with Crippen LogP contribution in [-0.2, 0) is 10.2 Å². The van der Waals surface area contributed by atoms with Gasteiger partial charge in [-0.05, 0) is 0 Å². The lowest BCUT2D eigenvalue weighted by Gasteiger charge is -2.15. The van der Waals surface area contributed by atoms with Crippen LogP contribution in [0.1, 0.15) is 36.8 Å². The van der Waals surface area contributed by atoms with Gasteiger partial charge in [0, 0.05) is 5.41 Å². The van der Waals surface area contributed by atoms with Gasteiger partial charge in [0.05, 0.1) is 7.11 Å². The van der Waals surface area contributed by atoms with Gasteiger partial charge in [-0.25, -0.2) is 4.79 Å². The van der Waals surface area contributed by atoms with Gasteiger partial charge in [-0.3, -0.25) is 0 Å². The molecule has 0 radical (unpaired) electrons. The van der Waals surface area contributed by atoms with Crippen LogP contribution in [0.4, 0.5) is 5.88 Å². The number of esters is 1. The Morgan fingerprint density at radius 3 is 2.50 bits per heavy atom. The van der Waals surface area contributed by atoms with E-state index in [9.17, 15) is 4.79 Å². The summed E-state index contributed by atoms with van der Waals surface area (Å²) in [6.45, 7) is 5.74. The molecule has 0 saturated heterocycles. The lowest BCUT2D eigenvalue weighted by atomic mass is 9.89. The number of nitrogens with two attached hydrogens (primary N) is 1. The van der Waals surface area contributed by atoms with Gasteiger partial charge in [0.25, 0.3) is 0 Å². The van der Waals surface area contributed by atoms with Crippen molar-refractivity contribution in [3.05, 3.63) is 11.3 Å². The maximum atomic E-state index is 11.4. The van der Waals surface area contributed by atoms with Gasteiger partial charge in [0.15, 0.2) is 0 Å². The van der Waals surface area contributed by atoms with E-state index in [0.29, 0.717) is 5.69 Å². The molecular formula is C9H14N2O3. The number of nitrogens with zero attached hydrogens (tertiary/aromatic N) is 1. The molecule has 1 aromatic rings. The van der Waals surface area contributed by atoms with Crippen LogP contribution in [0.3, 0.4) is 0 Å². The van der Waals surface area contributed by atoms with Crippen LogP contribution in [0.5, 0.6) is 0 Å². The van der Waals surface area contributed by atoms with Crippen molar-refractivity contribution in [1.82, 2.24) is 5.16 Å². The number of aromatic nitrogens is 1. The van der Waals surface area contributed by atoms with E-state index < -0.39 is 5.97 Å². The summed E-state index contributed by atoms with van der Waals surface area (Å²) in [5.74, 6) is -0.518. The zero-order chi connectivity index (χ0) is 10.9. The smallest absolute Gasteiger partial charge is 0.345 e. The highest BCUT2D eigenvalue weighted by Crippen LogP contribution is 2.28. The predicted molar refractivity (Wildman–Crippen MR) is 51.0 cm³/mol. The fourth-order valence-corrected chi connectivity index (χ4v) is 1.11. The Morgan fingerprint density at radius 1 is 1.50 bits per heavy atom. The van der Waals surface area contributed by atoms with E-state index in [0.717, 1.165) is 0 Å². The minimum atomic E-state index is -0.520. The highest BCUT2D eigenvalue weighted by molar-refractivity contribution is 5.95. The Morgan fingerprint density at radius 2 is 2.07 bits per heavy atom. The summed E-state index contributed by atoms with van der Waals surface area (Å²) in [4.78, 5) is 11.4. The summed E-state index contributed by atoms with van der Waals surface area (Å²) >= 11 is 0. The molecule has 78 valence electrons. The van der Waals surface area contributed by atoms with Gasteiger partial charge < -0.3 is 15.0 Å². The van der Waals surface area contributed by atoms with Gasteiger partial charge in [0.2, 0.25) is 5.88 Å². The van der Waals surface area contributed by atoms with Gasteiger partial charge in [-0.15, -0.1) is 0 Å². The van der Waals surface area contributed by atoms with E-state index in [2.05, 4.69) is 9.89 Å². The minimum absolute atomic E-state index is 0.00164. The highest BCUT2D eigenvalue weighted by atomic mass is 16.5. The second kappa shape index (κ2) is 3.32. The van der Waals surface area contributed by atoms with E-state index in [-0.39, 0.29) is 16.9 Å². The standard InChI is InChI=1S/C9H14N2O3/c1-9(2,3)6-5(8(12)13-4)7(10)14-11-6/h10H2,1-4H3. The van der Waals surface area contributed by atoms with Crippen molar-refractivity contribution < 1.29 is 14.1 Å². The van der Waals surface area contributed by atoms with Crippen LogP contribution in [0.2, 0.25) is 0 Å². The molecule has 0 aliphatic heterocycles. The first-order valence-corrected chi connectivity index (χ1v) is 4.22. The zero-order valence-electron chi connectivity index (χ0n) is 8.75. The lowest BCUT2D eigenvalue weighted by Crippen LogP contribution is -2.17. The maximum Gasteiger partial charge on any atom is 0.345 e. The molecule has 1 aromatic heterocycles. The fourth-order valence-electron chi connectivity index (χ4n) is 1.11. The average molecular weight is 198 g/mol. The van der Waals surface area contributed by atoms with Crippen LogP contribution >= 0.6 is 0 Å². The van der Waals surface area contributed by atoms with Crippen LogP contribution in [0.15, 0.2) is 4.52 Å². The Bertz CT molecular complexity index is 349. The molecule has 0 aliphatic rings. The number of rotatable bonds is 1. The number of ether oxygens (including phenoxy) is 1. The number of carbonyl (C=O) groups excluding carboxylic acids is 1. The second-order valence-corrected chi connectivity index (χ2v) is 4.01. The molecule has 14 heavy (non-hydrogen) atoms. The van der Waals surface area contributed by atoms with Crippen LogP contribution in [-0.4, -0.2) is 18.2 Å². The first-order valence-electron chi connectivity index (χ1n) is 4.22. The molecule has 0 spiro atoms. The summed E-state index contributed by atoms with van der Waals surface area (Å²) in [6, 6.07) is 0. The first kappa shape index (κ1) is 10.6. The molecule has 5 nitrogen and oxygen atoms in total. The largest absolute Gasteiger partial charge is 0.465 e. The quantitative estimate of drug-likeness (QED) is 0.689. The van der Waals surface area contributed by atoms with Gasteiger partial charge in [0.1, 0.15) is 11.3 Å². The number of hydrogen-bond acceptors (Lipinski definition) is 5. The summed E-state index contributed by atoms with van der Waals surface area (Å²) < 4.78 is 9.36. The molecule has 2 N–H and O–H groups in total. The molecule has 0 fully saturated rings. The molecule has 0 atom stereocenters. The molecular weight excluding hydrogens is 184 g/mol. The van der Waals surface area contributed by atoms with Crippen LogP contribution in [0, 0.1) is 0 Å². The van der Waals surface area contributed by atoms with Crippen molar-refractivity contribution in [3.8, 4) is 0 Å². The van der Waals surface area contributed by atoms with E-state index in [4.69, 9.17) is 10.3 Å². The van der Waals surface area contributed by atoms with Crippen LogP contribution in [0.25, 0.3) is 0 Å². The van der Waals surface area contributed by atoms with Crippen molar-refractivity contribution in [2.45, 2.75) is 26.2 Å². The van der Waals surface area contributed by atoms with E-state index in [1.165, 1.54) is 7.11 Å². The molecule has 0 aromatic carbocycles. The Balaban J connectivity index is 3.26. The maximum absolute atomic E-state index is 11.4. The molecule has 0 aliphatic carbocycles. The summed E-state index contributed by atoms with van der Waals surface area (Å²) in [5, 5.41) is 3.76. The third-order valence-electron chi connectivity index (χ3n) is 1.82. The molecule has 0 saturated carbocycles. The monoisotopic (exact) mass is 198 g/mol. The summed E-state index contributed by atoms with van der Waals surface area (Å²) in [5.41, 5.74) is 5.92. The first-order chi connectivity index (χ1) is 6.38. The van der Waals surface area contributed by atoms with E-state index >= 15 is 0 Å². The molecule has 0 bridgehead atoms. The molecule has 0 amide bonds. The zero-order valence-corrected chi connectivity index (χ0v) is 8.75. The molecule has 1 rings (SSSR count). The van der Waals surface area contributed by atoms with Crippen molar-refractivity contribution in [2.24, 2.45) is 0 Å². The normalized spacial score (nSPS) is 11.4. The summed E-state index contributed by atoms with van der Waals surface area (Å²) in [6.07, 6.45) is 0. The van der Waals surface area contributed by atoms with Gasteiger partial charge >= 0.3 is 5.97 Å². The molecule has 5 heteroatoms. The third-order valence-corrected chi connectivity index (χ3v) is 1.82. The van der Waals surface area contributed by atoms with Gasteiger partial charge in [-0.1, -0.05) is 25.9 Å². The topological polar surface area (TPSA) is 78.3 Å². The van der Waals surface area contributed by atoms with Crippen LogP contribution < -0.4 is 5.73 Å². The number of nitrogen functional groups attached to an aromatic ring is 1. The Labute approximate surface area is 82.2 Å². The third kappa shape index (κ3) is 1.71. The fraction of sp³-hybridized carbons (Fsp3) is 0.556. The lowest BCUT2D eigenvalue weighted by molar-refractivity contribution is 0.0599. The van der Waals surface area contributed by atoms with E-state index in [1.807, 2.05) is 20.8 Å². The number of hydrogen-bond donors (Lipinski definition) is 1. The van der Waals surface area contributed by atoms with Crippen molar-refractivity contribution in [2.75, 3.05) is 12.8 Å². The molecule has 0 unspecified atom stereocenters. The Kier molecular flexibility index (Phi) is 2.51. The predicted octanol–water partition coefficient (Wildman–Crippen LogP) is 1.34. The van der Waals surface area contributed by atoms with Crippen molar-refractivity contribution in [3.63, 3.8) is 0 Å².